The molecule has 3 N–H and O–H groups in total. The maximum atomic E-state index is 10.9. The Bertz CT molecular complexity index is 249. The smallest absolute Gasteiger partial charge is 0.325 e. The fraction of sp³-hybridized carbons (Fsp3) is 0.500. The average molecular weight is 141 g/mol. The maximum absolute atomic E-state index is 10.9. The van der Waals surface area contributed by atoms with Crippen molar-refractivity contribution < 1.29 is 0 Å². The molecule has 0 saturated carbocycles. The summed E-state index contributed by atoms with van der Waals surface area (Å²) in [4.78, 5) is 13.4. The van der Waals surface area contributed by atoms with Gasteiger partial charge in [-0.3, -0.25) is 4.57 Å². The van der Waals surface area contributed by atoms with Crippen LogP contribution in [0.3, 0.4) is 0 Å². The lowest BCUT2D eigenvalue weighted by Gasteiger charge is -2.06. The molecule has 1 aromatic heterocycles. The van der Waals surface area contributed by atoms with Crippen molar-refractivity contribution in [3.63, 3.8) is 0 Å². The first-order valence-electron chi connectivity index (χ1n) is 3.21. The van der Waals surface area contributed by atoms with E-state index in [1.165, 1.54) is 0 Å². The molecule has 1 heterocycles. The fourth-order valence-electron chi connectivity index (χ4n) is 0.792. The molecule has 0 spiro atoms. The van der Waals surface area contributed by atoms with E-state index in [4.69, 9.17) is 5.73 Å². The molecule has 1 rings (SSSR count). The van der Waals surface area contributed by atoms with E-state index in [2.05, 4.69) is 4.98 Å². The van der Waals surface area contributed by atoms with Crippen LogP contribution in [0.1, 0.15) is 13.0 Å². The van der Waals surface area contributed by atoms with Crippen LogP contribution in [0.15, 0.2) is 17.2 Å². The molecule has 0 aliphatic heterocycles. The molecule has 0 saturated heterocycles. The van der Waals surface area contributed by atoms with Crippen molar-refractivity contribution in [3.05, 3.63) is 22.9 Å². The van der Waals surface area contributed by atoms with E-state index in [1.807, 2.05) is 6.92 Å². The lowest BCUT2D eigenvalue weighted by Crippen LogP contribution is -2.25. The van der Waals surface area contributed by atoms with Gasteiger partial charge in [0.2, 0.25) is 0 Å². The van der Waals surface area contributed by atoms with E-state index in [9.17, 15) is 4.79 Å². The van der Waals surface area contributed by atoms with Crippen molar-refractivity contribution >= 4 is 0 Å². The van der Waals surface area contributed by atoms with Gasteiger partial charge in [0.15, 0.2) is 0 Å². The summed E-state index contributed by atoms with van der Waals surface area (Å²) in [6.45, 7) is 2.38. The topological polar surface area (TPSA) is 63.8 Å². The average Bonchev–Trinajstić information content (AvgIpc) is 2.34. The third-order valence-corrected chi connectivity index (χ3v) is 1.49. The number of imidazole rings is 1. The standard InChI is InChI=1S/C6H11N3O/c1-5(4-7)9-3-2-8-6(9)10/h2-3,5H,4,7H2,1H3,(H,8,10). The minimum Gasteiger partial charge on any atom is -0.328 e. The van der Waals surface area contributed by atoms with Crippen LogP contribution in [0.4, 0.5) is 0 Å². The minimum atomic E-state index is -0.0991. The number of rotatable bonds is 2. The molecule has 4 heteroatoms. The number of nitrogens with one attached hydrogen (secondary N) is 1. The minimum absolute atomic E-state index is 0.0822. The summed E-state index contributed by atoms with van der Waals surface area (Å²) in [6, 6.07) is 0.0822. The molecule has 10 heavy (non-hydrogen) atoms. The Balaban J connectivity index is 2.93. The van der Waals surface area contributed by atoms with E-state index in [-0.39, 0.29) is 11.7 Å². The molecule has 0 aliphatic rings. The largest absolute Gasteiger partial charge is 0.328 e. The van der Waals surface area contributed by atoms with Gasteiger partial charge in [-0.05, 0) is 6.92 Å². The number of hydrogen-bond donors (Lipinski definition) is 2. The molecule has 0 amide bonds. The van der Waals surface area contributed by atoms with E-state index >= 15 is 0 Å². The van der Waals surface area contributed by atoms with Gasteiger partial charge >= 0.3 is 5.69 Å². The number of H-pyrrole nitrogens is 1. The highest BCUT2D eigenvalue weighted by Gasteiger charge is 2.02. The van der Waals surface area contributed by atoms with Crippen molar-refractivity contribution in [1.29, 1.82) is 0 Å². The Labute approximate surface area is 58.7 Å². The van der Waals surface area contributed by atoms with Gasteiger partial charge < -0.3 is 10.7 Å². The Hall–Kier alpha value is -1.03. The highest BCUT2D eigenvalue weighted by molar-refractivity contribution is 4.79. The summed E-state index contributed by atoms with van der Waals surface area (Å²) < 4.78 is 1.57. The van der Waals surface area contributed by atoms with E-state index < -0.39 is 0 Å². The third-order valence-electron chi connectivity index (χ3n) is 1.49. The highest BCUT2D eigenvalue weighted by atomic mass is 16.1. The van der Waals surface area contributed by atoms with Gasteiger partial charge in [0, 0.05) is 25.0 Å². The summed E-state index contributed by atoms with van der Waals surface area (Å²) in [5.74, 6) is 0. The first kappa shape index (κ1) is 7.08. The Kier molecular flexibility index (Phi) is 1.91. The molecule has 0 aliphatic carbocycles. The molecule has 0 fully saturated rings. The van der Waals surface area contributed by atoms with Crippen LogP contribution in [0, 0.1) is 0 Å². The highest BCUT2D eigenvalue weighted by Crippen LogP contribution is 1.95. The predicted octanol–water partition coefficient (Wildman–Crippen LogP) is -0.304. The van der Waals surface area contributed by atoms with Gasteiger partial charge in [-0.25, -0.2) is 4.79 Å². The zero-order chi connectivity index (χ0) is 7.56. The SMILES string of the molecule is CC(CN)n1cc[nH]c1=O. The quantitative estimate of drug-likeness (QED) is 0.593. The molecule has 1 aromatic rings. The molecular weight excluding hydrogens is 130 g/mol. The monoisotopic (exact) mass is 141 g/mol. The molecule has 0 radical (unpaired) electrons. The summed E-state index contributed by atoms with van der Waals surface area (Å²) >= 11 is 0. The maximum Gasteiger partial charge on any atom is 0.325 e. The fourth-order valence-corrected chi connectivity index (χ4v) is 0.792. The van der Waals surface area contributed by atoms with Crippen LogP contribution in [0.2, 0.25) is 0 Å². The number of nitrogens with zero attached hydrogens (tertiary/aromatic N) is 1. The summed E-state index contributed by atoms with van der Waals surface area (Å²) in [5.41, 5.74) is 5.26. The summed E-state index contributed by atoms with van der Waals surface area (Å²) in [6.07, 6.45) is 3.30. The molecule has 0 aromatic carbocycles. The Morgan fingerprint density at radius 3 is 3.00 bits per heavy atom. The molecular formula is C6H11N3O. The number of hydrogen-bond acceptors (Lipinski definition) is 2. The van der Waals surface area contributed by atoms with Crippen LogP contribution in [0.5, 0.6) is 0 Å². The van der Waals surface area contributed by atoms with Crippen molar-refractivity contribution in [2.45, 2.75) is 13.0 Å². The number of aromatic nitrogens is 2. The lowest BCUT2D eigenvalue weighted by molar-refractivity contribution is 0.542. The van der Waals surface area contributed by atoms with Crippen LogP contribution in [-0.2, 0) is 0 Å². The summed E-state index contributed by atoms with van der Waals surface area (Å²) in [7, 11) is 0. The lowest BCUT2D eigenvalue weighted by atomic mass is 10.3. The van der Waals surface area contributed by atoms with Crippen LogP contribution in [0.25, 0.3) is 0 Å². The van der Waals surface area contributed by atoms with E-state index in [0.29, 0.717) is 6.54 Å². The van der Waals surface area contributed by atoms with Crippen molar-refractivity contribution in [2.24, 2.45) is 5.73 Å². The number of aromatic amines is 1. The zero-order valence-corrected chi connectivity index (χ0v) is 5.87. The number of nitrogens with two attached hydrogens (primary N) is 1. The van der Waals surface area contributed by atoms with Gasteiger partial charge in [-0.1, -0.05) is 0 Å². The van der Waals surface area contributed by atoms with E-state index in [1.54, 1.807) is 17.0 Å². The first-order valence-corrected chi connectivity index (χ1v) is 3.21. The van der Waals surface area contributed by atoms with Crippen LogP contribution < -0.4 is 11.4 Å². The van der Waals surface area contributed by atoms with Crippen LogP contribution >= 0.6 is 0 Å². The normalized spacial score (nSPS) is 13.4. The van der Waals surface area contributed by atoms with Gasteiger partial charge in [0.1, 0.15) is 0 Å². The molecule has 1 unspecified atom stereocenters. The second-order valence-corrected chi connectivity index (χ2v) is 2.26. The van der Waals surface area contributed by atoms with Crippen molar-refractivity contribution in [1.82, 2.24) is 9.55 Å². The Morgan fingerprint density at radius 2 is 2.60 bits per heavy atom. The molecule has 4 nitrogen and oxygen atoms in total. The second kappa shape index (κ2) is 2.70. The van der Waals surface area contributed by atoms with Gasteiger partial charge in [-0.2, -0.15) is 0 Å². The van der Waals surface area contributed by atoms with Crippen LogP contribution in [-0.4, -0.2) is 16.1 Å². The molecule has 1 atom stereocenters. The third kappa shape index (κ3) is 1.11. The second-order valence-electron chi connectivity index (χ2n) is 2.26. The molecule has 56 valence electrons. The van der Waals surface area contributed by atoms with Crippen molar-refractivity contribution in [2.75, 3.05) is 6.54 Å². The predicted molar refractivity (Wildman–Crippen MR) is 38.8 cm³/mol. The first-order chi connectivity index (χ1) is 4.75. The van der Waals surface area contributed by atoms with E-state index in [0.717, 1.165) is 0 Å². The summed E-state index contributed by atoms with van der Waals surface area (Å²) in [5, 5.41) is 0. The Morgan fingerprint density at radius 1 is 1.90 bits per heavy atom. The van der Waals surface area contributed by atoms with Gasteiger partial charge in [-0.15, -0.1) is 0 Å². The van der Waals surface area contributed by atoms with Gasteiger partial charge in [0.05, 0.1) is 0 Å². The molecule has 0 bridgehead atoms. The zero-order valence-electron chi connectivity index (χ0n) is 5.87. The van der Waals surface area contributed by atoms with Gasteiger partial charge in [0.25, 0.3) is 0 Å². The van der Waals surface area contributed by atoms with Crippen molar-refractivity contribution in [3.8, 4) is 0 Å².